The first kappa shape index (κ1) is 11.5. The molecule has 88 valence electrons. The van der Waals surface area contributed by atoms with Gasteiger partial charge in [0.05, 0.1) is 10.6 Å². The summed E-state index contributed by atoms with van der Waals surface area (Å²) in [5.74, 6) is 2.68. The molecule has 1 aliphatic rings. The van der Waals surface area contributed by atoms with Crippen molar-refractivity contribution in [1.29, 1.82) is 0 Å². The van der Waals surface area contributed by atoms with Crippen molar-refractivity contribution in [2.45, 2.75) is 24.9 Å². The highest BCUT2D eigenvalue weighted by atomic mass is 35.5. The minimum atomic E-state index is 0.626. The Kier molecular flexibility index (Phi) is 3.11. The molecule has 3 heterocycles. The van der Waals surface area contributed by atoms with Crippen molar-refractivity contribution in [1.82, 2.24) is 9.97 Å². The molecule has 0 unspecified atom stereocenters. The monoisotopic (exact) mass is 282 g/mol. The Morgan fingerprint density at radius 3 is 2.94 bits per heavy atom. The summed E-state index contributed by atoms with van der Waals surface area (Å²) in [6, 6.07) is 4.23. The number of aryl methyl sites for hydroxylation is 1. The van der Waals surface area contributed by atoms with Gasteiger partial charge >= 0.3 is 0 Å². The summed E-state index contributed by atoms with van der Waals surface area (Å²) in [4.78, 5) is 11.5. The molecular weight excluding hydrogens is 272 g/mol. The van der Waals surface area contributed by atoms with E-state index in [2.05, 4.69) is 29.0 Å². The zero-order valence-electron chi connectivity index (χ0n) is 9.36. The molecule has 5 heteroatoms. The van der Waals surface area contributed by atoms with Gasteiger partial charge in [-0.1, -0.05) is 18.5 Å². The van der Waals surface area contributed by atoms with Gasteiger partial charge in [-0.25, -0.2) is 9.97 Å². The fraction of sp³-hybridized carbons (Fsp3) is 0.333. The number of hydrogen-bond acceptors (Lipinski definition) is 4. The van der Waals surface area contributed by atoms with E-state index in [1.807, 2.05) is 11.8 Å². The lowest BCUT2D eigenvalue weighted by Gasteiger charge is -2.02. The molecule has 17 heavy (non-hydrogen) atoms. The second-order valence-electron chi connectivity index (χ2n) is 3.88. The highest BCUT2D eigenvalue weighted by Gasteiger charge is 2.19. The molecule has 2 aromatic heterocycles. The second-order valence-corrected chi connectivity index (χ2v) is 6.39. The van der Waals surface area contributed by atoms with Crippen LogP contribution in [-0.4, -0.2) is 9.97 Å². The van der Waals surface area contributed by atoms with Gasteiger partial charge in [0.25, 0.3) is 0 Å². The topological polar surface area (TPSA) is 25.8 Å². The van der Waals surface area contributed by atoms with E-state index in [4.69, 9.17) is 11.6 Å². The van der Waals surface area contributed by atoms with E-state index in [9.17, 15) is 0 Å². The third-order valence-corrected chi connectivity index (χ3v) is 5.27. The van der Waals surface area contributed by atoms with E-state index >= 15 is 0 Å². The molecule has 0 saturated heterocycles. The summed E-state index contributed by atoms with van der Waals surface area (Å²) >= 11 is 9.80. The Labute approximate surface area is 113 Å². The number of rotatable bonds is 2. The lowest BCUT2D eigenvalue weighted by Crippen LogP contribution is -1.96. The van der Waals surface area contributed by atoms with E-state index in [1.54, 1.807) is 11.3 Å². The van der Waals surface area contributed by atoms with Crippen LogP contribution in [0, 0.1) is 0 Å². The van der Waals surface area contributed by atoms with Crippen LogP contribution >= 0.6 is 34.7 Å². The molecule has 0 spiro atoms. The maximum atomic E-state index is 6.21. The Hall–Kier alpha value is -0.580. The lowest BCUT2D eigenvalue weighted by molar-refractivity contribution is 1.08. The van der Waals surface area contributed by atoms with E-state index in [0.717, 1.165) is 39.9 Å². The number of hydrogen-bond donors (Lipinski definition) is 0. The van der Waals surface area contributed by atoms with E-state index in [1.165, 1.54) is 4.88 Å². The number of aromatic nitrogens is 2. The van der Waals surface area contributed by atoms with Crippen molar-refractivity contribution in [2.75, 3.05) is 0 Å². The molecule has 0 aromatic carbocycles. The molecule has 2 nitrogen and oxygen atoms in total. The van der Waals surface area contributed by atoms with Crippen molar-refractivity contribution < 1.29 is 0 Å². The fourth-order valence-electron chi connectivity index (χ4n) is 1.81. The first-order valence-corrected chi connectivity index (χ1v) is 7.85. The van der Waals surface area contributed by atoms with Crippen LogP contribution < -0.4 is 0 Å². The Morgan fingerprint density at radius 2 is 2.18 bits per heavy atom. The van der Waals surface area contributed by atoms with E-state index < -0.39 is 0 Å². The molecule has 0 amide bonds. The van der Waals surface area contributed by atoms with Crippen LogP contribution in [0.5, 0.6) is 0 Å². The van der Waals surface area contributed by atoms with Gasteiger partial charge in [0.2, 0.25) is 0 Å². The summed E-state index contributed by atoms with van der Waals surface area (Å²) in [5, 5.41) is 0.626. The molecule has 0 atom stereocenters. The smallest absolute Gasteiger partial charge is 0.171 e. The quantitative estimate of drug-likeness (QED) is 0.773. The highest BCUT2D eigenvalue weighted by molar-refractivity contribution is 7.98. The van der Waals surface area contributed by atoms with Crippen LogP contribution in [0.25, 0.3) is 10.7 Å². The SMILES string of the molecule is CCc1ccc(-c2nc(Cl)c3c(n2)CSC3)s1. The molecule has 0 N–H and O–H groups in total. The van der Waals surface area contributed by atoms with E-state index in [0.29, 0.717) is 5.15 Å². The van der Waals surface area contributed by atoms with Crippen LogP contribution in [0.15, 0.2) is 12.1 Å². The summed E-state index contributed by atoms with van der Waals surface area (Å²) in [5.41, 5.74) is 2.23. The predicted molar refractivity (Wildman–Crippen MR) is 74.7 cm³/mol. The number of fused-ring (bicyclic) bond motifs is 1. The fourth-order valence-corrected chi connectivity index (χ4v) is 4.07. The molecule has 2 aromatic rings. The first-order valence-electron chi connectivity index (χ1n) is 5.50. The van der Waals surface area contributed by atoms with Crippen molar-refractivity contribution in [3.8, 4) is 10.7 Å². The molecular formula is C12H11ClN2S2. The Morgan fingerprint density at radius 1 is 1.29 bits per heavy atom. The summed E-state index contributed by atoms with van der Waals surface area (Å²) in [6.45, 7) is 2.16. The van der Waals surface area contributed by atoms with Gasteiger partial charge in [0, 0.05) is 21.9 Å². The average molecular weight is 283 g/mol. The molecule has 0 aliphatic carbocycles. The van der Waals surface area contributed by atoms with Crippen LogP contribution in [0.2, 0.25) is 5.15 Å². The van der Waals surface area contributed by atoms with Crippen LogP contribution in [-0.2, 0) is 17.9 Å². The average Bonchev–Trinajstić information content (AvgIpc) is 2.97. The Bertz CT molecular complexity index is 566. The van der Waals surface area contributed by atoms with Gasteiger partial charge in [-0.3, -0.25) is 0 Å². The van der Waals surface area contributed by atoms with Gasteiger partial charge < -0.3 is 0 Å². The van der Waals surface area contributed by atoms with Crippen LogP contribution in [0.1, 0.15) is 23.1 Å². The third-order valence-electron chi connectivity index (χ3n) is 2.76. The maximum absolute atomic E-state index is 6.21. The largest absolute Gasteiger partial charge is 0.231 e. The molecule has 0 bridgehead atoms. The summed E-state index contributed by atoms with van der Waals surface area (Å²) in [7, 11) is 0. The number of halogens is 1. The molecule has 0 radical (unpaired) electrons. The second kappa shape index (κ2) is 4.59. The minimum Gasteiger partial charge on any atom is -0.231 e. The molecule has 0 fully saturated rings. The predicted octanol–water partition coefficient (Wildman–Crippen LogP) is 4.17. The number of nitrogens with zero attached hydrogens (tertiary/aromatic N) is 2. The van der Waals surface area contributed by atoms with E-state index in [-0.39, 0.29) is 0 Å². The minimum absolute atomic E-state index is 0.626. The van der Waals surface area contributed by atoms with Gasteiger partial charge in [0.1, 0.15) is 5.15 Å². The maximum Gasteiger partial charge on any atom is 0.171 e. The van der Waals surface area contributed by atoms with Gasteiger partial charge in [0.15, 0.2) is 5.82 Å². The summed E-state index contributed by atoms with van der Waals surface area (Å²) < 4.78 is 0. The van der Waals surface area contributed by atoms with Crippen molar-refractivity contribution in [3.05, 3.63) is 33.4 Å². The normalized spacial score (nSPS) is 14.0. The molecule has 1 aliphatic heterocycles. The highest BCUT2D eigenvalue weighted by Crippen LogP contribution is 2.35. The van der Waals surface area contributed by atoms with Gasteiger partial charge in [-0.15, -0.1) is 11.3 Å². The van der Waals surface area contributed by atoms with Crippen molar-refractivity contribution >= 4 is 34.7 Å². The van der Waals surface area contributed by atoms with Gasteiger partial charge in [-0.05, 0) is 18.6 Å². The van der Waals surface area contributed by atoms with Gasteiger partial charge in [-0.2, -0.15) is 11.8 Å². The van der Waals surface area contributed by atoms with Crippen LogP contribution in [0.3, 0.4) is 0 Å². The third kappa shape index (κ3) is 2.09. The van der Waals surface area contributed by atoms with Crippen molar-refractivity contribution in [2.24, 2.45) is 0 Å². The summed E-state index contributed by atoms with van der Waals surface area (Å²) in [6.07, 6.45) is 1.05. The first-order chi connectivity index (χ1) is 8.28. The number of thiophene rings is 1. The van der Waals surface area contributed by atoms with Crippen LogP contribution in [0.4, 0.5) is 0 Å². The zero-order valence-corrected chi connectivity index (χ0v) is 11.8. The number of thioether (sulfide) groups is 1. The Balaban J connectivity index is 2.06. The lowest BCUT2D eigenvalue weighted by atomic mass is 10.2. The zero-order chi connectivity index (χ0) is 11.8. The standard InChI is InChI=1S/C12H11ClN2S2/c1-2-7-3-4-10(17-7)12-14-9-6-16-5-8(9)11(13)15-12/h3-4H,2,5-6H2,1H3. The molecule has 0 saturated carbocycles. The molecule has 3 rings (SSSR count). The van der Waals surface area contributed by atoms with Crippen molar-refractivity contribution in [3.63, 3.8) is 0 Å².